The number of hydrogen-bond donors (Lipinski definition) is 0. The first-order valence-corrected chi connectivity index (χ1v) is 4.14. The van der Waals surface area contributed by atoms with Gasteiger partial charge >= 0.3 is 0 Å². The van der Waals surface area contributed by atoms with Crippen LogP contribution in [0.1, 0.15) is 19.8 Å². The summed E-state index contributed by atoms with van der Waals surface area (Å²) in [6, 6.07) is 0. The second-order valence-electron chi connectivity index (χ2n) is 2.38. The predicted octanol–water partition coefficient (Wildman–Crippen LogP) is 1.77. The molecule has 60 valence electrons. The van der Waals surface area contributed by atoms with Crippen molar-refractivity contribution in [3.05, 3.63) is 0 Å². The number of halogens is 1. The van der Waals surface area contributed by atoms with Crippen molar-refractivity contribution >= 4 is 11.6 Å². The van der Waals surface area contributed by atoms with E-state index in [1.54, 1.807) is 0 Å². The molecule has 0 amide bonds. The summed E-state index contributed by atoms with van der Waals surface area (Å²) in [6.45, 7) is 3.40. The van der Waals surface area contributed by atoms with E-state index in [9.17, 15) is 0 Å². The van der Waals surface area contributed by atoms with E-state index in [0.717, 1.165) is 19.4 Å². The molecule has 3 heteroatoms. The van der Waals surface area contributed by atoms with E-state index in [4.69, 9.17) is 21.1 Å². The largest absolute Gasteiger partial charge is 0.353 e. The van der Waals surface area contributed by atoms with Gasteiger partial charge in [-0.15, -0.1) is 11.6 Å². The van der Waals surface area contributed by atoms with E-state index >= 15 is 0 Å². The predicted molar refractivity (Wildman–Crippen MR) is 40.2 cm³/mol. The Morgan fingerprint density at radius 2 is 2.50 bits per heavy atom. The van der Waals surface area contributed by atoms with Gasteiger partial charge < -0.3 is 9.47 Å². The van der Waals surface area contributed by atoms with Crippen molar-refractivity contribution in [1.82, 2.24) is 0 Å². The lowest BCUT2D eigenvalue weighted by atomic mass is 10.2. The smallest absolute Gasteiger partial charge is 0.158 e. The Bertz CT molecular complexity index is 95.6. The van der Waals surface area contributed by atoms with Crippen molar-refractivity contribution in [3.63, 3.8) is 0 Å². The highest BCUT2D eigenvalue weighted by atomic mass is 35.5. The van der Waals surface area contributed by atoms with Crippen LogP contribution in [0, 0.1) is 0 Å². The highest BCUT2D eigenvalue weighted by Gasteiger charge is 2.20. The van der Waals surface area contributed by atoms with E-state index < -0.39 is 0 Å². The monoisotopic (exact) mass is 164 g/mol. The van der Waals surface area contributed by atoms with Crippen molar-refractivity contribution in [2.45, 2.75) is 31.4 Å². The molecule has 0 aliphatic carbocycles. The van der Waals surface area contributed by atoms with E-state index in [2.05, 4.69) is 0 Å². The molecule has 1 saturated heterocycles. The Kier molecular flexibility index (Phi) is 3.46. The lowest BCUT2D eigenvalue weighted by Gasteiger charge is -2.25. The highest BCUT2D eigenvalue weighted by Crippen LogP contribution is 2.19. The van der Waals surface area contributed by atoms with E-state index in [1.807, 2.05) is 6.92 Å². The summed E-state index contributed by atoms with van der Waals surface area (Å²) in [6.07, 6.45) is 1.72. The first-order chi connectivity index (χ1) is 4.83. The van der Waals surface area contributed by atoms with Crippen molar-refractivity contribution in [1.29, 1.82) is 0 Å². The third-order valence-electron chi connectivity index (χ3n) is 1.54. The lowest BCUT2D eigenvalue weighted by Crippen LogP contribution is -2.28. The molecule has 1 aliphatic heterocycles. The molecule has 0 N–H and O–H groups in total. The molecule has 0 aromatic heterocycles. The van der Waals surface area contributed by atoms with Crippen molar-refractivity contribution in [3.8, 4) is 0 Å². The molecule has 1 rings (SSSR count). The van der Waals surface area contributed by atoms with Crippen LogP contribution in [0.2, 0.25) is 0 Å². The summed E-state index contributed by atoms with van der Waals surface area (Å²) in [5, 5.41) is 0.241. The highest BCUT2D eigenvalue weighted by molar-refractivity contribution is 6.20. The standard InChI is InChI=1S/C7H13ClO2/c1-2-9-7-5-6(8)3-4-10-7/h6-7H,2-5H2,1H3. The van der Waals surface area contributed by atoms with Gasteiger partial charge in [-0.25, -0.2) is 0 Å². The number of rotatable bonds is 2. The van der Waals surface area contributed by atoms with Crippen LogP contribution in [-0.4, -0.2) is 24.9 Å². The van der Waals surface area contributed by atoms with Gasteiger partial charge in [-0.2, -0.15) is 0 Å². The molecule has 0 radical (unpaired) electrons. The second-order valence-corrected chi connectivity index (χ2v) is 2.99. The maximum atomic E-state index is 5.89. The molecule has 0 aromatic carbocycles. The average Bonchev–Trinajstić information content (AvgIpc) is 1.88. The van der Waals surface area contributed by atoms with Crippen LogP contribution in [0.5, 0.6) is 0 Å². The quantitative estimate of drug-likeness (QED) is 0.580. The third-order valence-corrected chi connectivity index (χ3v) is 1.93. The molecular weight excluding hydrogens is 152 g/mol. The molecule has 1 fully saturated rings. The minimum Gasteiger partial charge on any atom is -0.353 e. The Morgan fingerprint density at radius 3 is 3.10 bits per heavy atom. The van der Waals surface area contributed by atoms with E-state index in [-0.39, 0.29) is 11.7 Å². The van der Waals surface area contributed by atoms with Gasteiger partial charge in [0.1, 0.15) is 0 Å². The van der Waals surface area contributed by atoms with Gasteiger partial charge in [0.25, 0.3) is 0 Å². The first-order valence-electron chi connectivity index (χ1n) is 3.70. The summed E-state index contributed by atoms with van der Waals surface area (Å²) in [5.41, 5.74) is 0. The van der Waals surface area contributed by atoms with Crippen molar-refractivity contribution in [2.75, 3.05) is 13.2 Å². The first kappa shape index (κ1) is 8.31. The molecule has 2 nitrogen and oxygen atoms in total. The van der Waals surface area contributed by atoms with Gasteiger partial charge in [-0.05, 0) is 13.3 Å². The molecule has 0 saturated carbocycles. The number of hydrogen-bond acceptors (Lipinski definition) is 2. The molecule has 1 aliphatic rings. The Labute approximate surface area is 66.5 Å². The molecule has 0 bridgehead atoms. The molecular formula is C7H13ClO2. The zero-order chi connectivity index (χ0) is 7.40. The number of alkyl halides is 1. The molecule has 2 unspecified atom stereocenters. The Morgan fingerprint density at radius 1 is 1.70 bits per heavy atom. The fraction of sp³-hybridized carbons (Fsp3) is 1.00. The van der Waals surface area contributed by atoms with Gasteiger partial charge in [-0.3, -0.25) is 0 Å². The number of ether oxygens (including phenoxy) is 2. The van der Waals surface area contributed by atoms with Crippen LogP contribution >= 0.6 is 11.6 Å². The maximum Gasteiger partial charge on any atom is 0.158 e. The third kappa shape index (κ3) is 2.45. The van der Waals surface area contributed by atoms with Crippen LogP contribution in [0.15, 0.2) is 0 Å². The van der Waals surface area contributed by atoms with E-state index in [0.29, 0.717) is 6.61 Å². The van der Waals surface area contributed by atoms with Crippen molar-refractivity contribution < 1.29 is 9.47 Å². The molecule has 2 atom stereocenters. The Hall–Kier alpha value is 0.210. The van der Waals surface area contributed by atoms with Gasteiger partial charge in [-0.1, -0.05) is 0 Å². The fourth-order valence-corrected chi connectivity index (χ4v) is 1.26. The van der Waals surface area contributed by atoms with Crippen molar-refractivity contribution in [2.24, 2.45) is 0 Å². The summed E-state index contributed by atoms with van der Waals surface area (Å²) < 4.78 is 10.5. The maximum absolute atomic E-state index is 5.89. The average molecular weight is 165 g/mol. The summed E-state index contributed by atoms with van der Waals surface area (Å²) >= 11 is 5.89. The van der Waals surface area contributed by atoms with Crippen LogP contribution in [0.4, 0.5) is 0 Å². The topological polar surface area (TPSA) is 18.5 Å². The lowest BCUT2D eigenvalue weighted by molar-refractivity contribution is -0.158. The molecule has 0 spiro atoms. The summed E-state index contributed by atoms with van der Waals surface area (Å²) in [5.74, 6) is 0. The van der Waals surface area contributed by atoms with Gasteiger partial charge in [0.2, 0.25) is 0 Å². The minimum atomic E-state index is -0.0544. The van der Waals surface area contributed by atoms with Crippen LogP contribution < -0.4 is 0 Å². The molecule has 1 heterocycles. The zero-order valence-electron chi connectivity index (χ0n) is 6.18. The van der Waals surface area contributed by atoms with Crippen LogP contribution in [0.25, 0.3) is 0 Å². The van der Waals surface area contributed by atoms with Crippen LogP contribution in [0.3, 0.4) is 0 Å². The molecule has 0 aromatic rings. The summed E-state index contributed by atoms with van der Waals surface area (Å²) in [4.78, 5) is 0. The molecule has 10 heavy (non-hydrogen) atoms. The normalized spacial score (nSPS) is 34.2. The Balaban J connectivity index is 2.18. The second kappa shape index (κ2) is 4.16. The van der Waals surface area contributed by atoms with Gasteiger partial charge in [0.05, 0.1) is 6.61 Å². The summed E-state index contributed by atoms with van der Waals surface area (Å²) in [7, 11) is 0. The SMILES string of the molecule is CCOC1CC(Cl)CCO1. The fourth-order valence-electron chi connectivity index (χ4n) is 1.02. The van der Waals surface area contributed by atoms with Crippen LogP contribution in [-0.2, 0) is 9.47 Å². The minimum absolute atomic E-state index is 0.0544. The van der Waals surface area contributed by atoms with Gasteiger partial charge in [0.15, 0.2) is 6.29 Å². The van der Waals surface area contributed by atoms with Gasteiger partial charge in [0, 0.05) is 18.4 Å². The van der Waals surface area contributed by atoms with E-state index in [1.165, 1.54) is 0 Å². The zero-order valence-corrected chi connectivity index (χ0v) is 6.93.